The van der Waals surface area contributed by atoms with E-state index in [0.717, 1.165) is 16.7 Å². The van der Waals surface area contributed by atoms with Gasteiger partial charge in [0.15, 0.2) is 5.82 Å². The van der Waals surface area contributed by atoms with Gasteiger partial charge in [-0.15, -0.1) is 0 Å². The molecule has 0 aliphatic carbocycles. The lowest BCUT2D eigenvalue weighted by Gasteiger charge is -2.28. The maximum Gasteiger partial charge on any atom is 0.162 e. The van der Waals surface area contributed by atoms with Crippen LogP contribution in [0.1, 0.15) is 52.7 Å². The van der Waals surface area contributed by atoms with Crippen LogP contribution >= 0.6 is 0 Å². The van der Waals surface area contributed by atoms with Gasteiger partial charge < -0.3 is 5.11 Å². The van der Waals surface area contributed by atoms with Crippen molar-refractivity contribution in [2.24, 2.45) is 0 Å². The van der Waals surface area contributed by atoms with E-state index in [9.17, 15) is 5.11 Å². The summed E-state index contributed by atoms with van der Waals surface area (Å²) >= 11 is 0. The van der Waals surface area contributed by atoms with Crippen LogP contribution in [0.4, 0.5) is 0 Å². The second-order valence-electron chi connectivity index (χ2n) is 7.38. The van der Waals surface area contributed by atoms with E-state index in [1.807, 2.05) is 12.1 Å². The van der Waals surface area contributed by atoms with Crippen molar-refractivity contribution in [3.63, 3.8) is 0 Å². The highest BCUT2D eigenvalue weighted by atomic mass is 16.3. The van der Waals surface area contributed by atoms with Crippen molar-refractivity contribution in [2.75, 3.05) is 0 Å². The zero-order chi connectivity index (χ0) is 15.8. The maximum absolute atomic E-state index is 10.7. The number of aromatic hydroxyl groups is 1. The zero-order valence-electron chi connectivity index (χ0n) is 13.6. The molecule has 1 aromatic carbocycles. The van der Waals surface area contributed by atoms with E-state index in [1.54, 1.807) is 0 Å². The predicted octanol–water partition coefficient (Wildman–Crippen LogP) is 3.84. The monoisotopic (exact) mass is 285 g/mol. The molecule has 0 unspecified atom stereocenters. The van der Waals surface area contributed by atoms with Crippen LogP contribution in [0.2, 0.25) is 0 Å². The fourth-order valence-corrected chi connectivity index (χ4v) is 2.30. The van der Waals surface area contributed by atoms with Crippen LogP contribution in [0, 0.1) is 0 Å². The summed E-state index contributed by atoms with van der Waals surface area (Å²) in [6, 6.07) is 3.94. The van der Waals surface area contributed by atoms with Gasteiger partial charge in [-0.2, -0.15) is 0 Å². The lowest BCUT2D eigenvalue weighted by atomic mass is 9.78. The minimum atomic E-state index is -0.160. The highest BCUT2D eigenvalue weighted by Gasteiger charge is 2.27. The van der Waals surface area contributed by atoms with Gasteiger partial charge in [0, 0.05) is 16.7 Å². The van der Waals surface area contributed by atoms with Gasteiger partial charge in [0.1, 0.15) is 18.4 Å². The number of rotatable bonds is 1. The Kier molecular flexibility index (Phi) is 3.74. The molecule has 1 N–H and O–H groups in total. The summed E-state index contributed by atoms with van der Waals surface area (Å²) in [4.78, 5) is 12.3. The molecule has 2 rings (SSSR count). The van der Waals surface area contributed by atoms with E-state index < -0.39 is 0 Å². The average molecular weight is 285 g/mol. The highest BCUT2D eigenvalue weighted by Crippen LogP contribution is 2.41. The number of hydrogen-bond acceptors (Lipinski definition) is 4. The van der Waals surface area contributed by atoms with Crippen LogP contribution in [0.3, 0.4) is 0 Å². The Balaban J connectivity index is 2.75. The first kappa shape index (κ1) is 15.4. The van der Waals surface area contributed by atoms with Gasteiger partial charge in [-0.1, -0.05) is 41.5 Å². The summed E-state index contributed by atoms with van der Waals surface area (Å²) in [6.45, 7) is 12.5. The quantitative estimate of drug-likeness (QED) is 0.865. The zero-order valence-corrected chi connectivity index (χ0v) is 13.6. The van der Waals surface area contributed by atoms with E-state index in [2.05, 4.69) is 56.5 Å². The summed E-state index contributed by atoms with van der Waals surface area (Å²) in [5.41, 5.74) is 2.40. The average Bonchev–Trinajstić information content (AvgIpc) is 2.37. The minimum Gasteiger partial charge on any atom is -0.507 e. The Labute approximate surface area is 126 Å². The molecule has 112 valence electrons. The topological polar surface area (TPSA) is 58.9 Å². The van der Waals surface area contributed by atoms with E-state index >= 15 is 0 Å². The number of phenolic OH excluding ortho intramolecular Hbond substituents is 1. The van der Waals surface area contributed by atoms with Crippen molar-refractivity contribution in [3.05, 3.63) is 35.9 Å². The lowest BCUT2D eigenvalue weighted by Crippen LogP contribution is -2.17. The molecule has 4 heteroatoms. The first-order chi connectivity index (χ1) is 9.60. The minimum absolute atomic E-state index is 0.160. The second kappa shape index (κ2) is 5.10. The molecule has 4 nitrogen and oxygen atoms in total. The Morgan fingerprint density at radius 3 is 1.62 bits per heavy atom. The molecular weight excluding hydrogens is 262 g/mol. The Hall–Kier alpha value is -1.97. The Bertz CT molecular complexity index is 602. The van der Waals surface area contributed by atoms with Gasteiger partial charge in [0.25, 0.3) is 0 Å². The van der Waals surface area contributed by atoms with Crippen molar-refractivity contribution in [2.45, 2.75) is 52.4 Å². The summed E-state index contributed by atoms with van der Waals surface area (Å²) in [7, 11) is 0. The SMILES string of the molecule is CC(C)(C)c1cc(-c2ncncn2)cc(C(C)(C)C)c1O. The van der Waals surface area contributed by atoms with E-state index in [-0.39, 0.29) is 10.8 Å². The first-order valence-corrected chi connectivity index (χ1v) is 7.11. The number of phenols is 1. The van der Waals surface area contributed by atoms with E-state index in [0.29, 0.717) is 11.6 Å². The highest BCUT2D eigenvalue weighted by molar-refractivity contribution is 5.63. The number of aromatic nitrogens is 3. The molecule has 0 saturated carbocycles. The summed E-state index contributed by atoms with van der Waals surface area (Å²) in [6.07, 6.45) is 2.98. The van der Waals surface area contributed by atoms with Crippen molar-refractivity contribution >= 4 is 0 Å². The molecule has 2 aromatic rings. The summed E-state index contributed by atoms with van der Waals surface area (Å²) in [5.74, 6) is 0.994. The first-order valence-electron chi connectivity index (χ1n) is 7.11. The third kappa shape index (κ3) is 3.20. The van der Waals surface area contributed by atoms with Gasteiger partial charge in [-0.25, -0.2) is 15.0 Å². The van der Waals surface area contributed by atoms with Gasteiger partial charge in [-0.3, -0.25) is 0 Å². The third-order valence-corrected chi connectivity index (χ3v) is 3.48. The Morgan fingerprint density at radius 1 is 0.810 bits per heavy atom. The molecule has 0 atom stereocenters. The molecular formula is C17H23N3O. The van der Waals surface area contributed by atoms with Gasteiger partial charge in [0.2, 0.25) is 0 Å². The molecule has 0 saturated heterocycles. The van der Waals surface area contributed by atoms with E-state index in [1.165, 1.54) is 12.7 Å². The van der Waals surface area contributed by atoms with Crippen LogP contribution in [-0.4, -0.2) is 20.1 Å². The van der Waals surface area contributed by atoms with Crippen LogP contribution < -0.4 is 0 Å². The third-order valence-electron chi connectivity index (χ3n) is 3.48. The second-order valence-corrected chi connectivity index (χ2v) is 7.38. The smallest absolute Gasteiger partial charge is 0.162 e. The molecule has 1 heterocycles. The summed E-state index contributed by atoms with van der Waals surface area (Å²) in [5, 5.41) is 10.7. The van der Waals surface area contributed by atoms with Crippen LogP contribution in [0.25, 0.3) is 11.4 Å². The molecule has 0 spiro atoms. The molecule has 1 aromatic heterocycles. The number of hydrogen-bond donors (Lipinski definition) is 1. The van der Waals surface area contributed by atoms with Crippen LogP contribution in [0.5, 0.6) is 5.75 Å². The largest absolute Gasteiger partial charge is 0.507 e. The van der Waals surface area contributed by atoms with Gasteiger partial charge in [0.05, 0.1) is 0 Å². The molecule has 21 heavy (non-hydrogen) atoms. The van der Waals surface area contributed by atoms with Gasteiger partial charge >= 0.3 is 0 Å². The lowest BCUT2D eigenvalue weighted by molar-refractivity contribution is 0.423. The normalized spacial score (nSPS) is 12.5. The molecule has 0 radical (unpaired) electrons. The van der Waals surface area contributed by atoms with Crippen molar-refractivity contribution in [1.82, 2.24) is 15.0 Å². The summed E-state index contributed by atoms with van der Waals surface area (Å²) < 4.78 is 0. The van der Waals surface area contributed by atoms with Crippen molar-refractivity contribution in [3.8, 4) is 17.1 Å². The molecule has 0 fully saturated rings. The van der Waals surface area contributed by atoms with Crippen molar-refractivity contribution in [1.29, 1.82) is 0 Å². The van der Waals surface area contributed by atoms with Crippen molar-refractivity contribution < 1.29 is 5.11 Å². The van der Waals surface area contributed by atoms with E-state index in [4.69, 9.17) is 0 Å². The molecule has 0 amide bonds. The standard InChI is InChI=1S/C17H23N3O/c1-16(2,3)12-7-11(15-19-9-18-10-20-15)8-13(14(12)21)17(4,5)6/h7-10,21H,1-6H3. The predicted molar refractivity (Wildman–Crippen MR) is 84.3 cm³/mol. The Morgan fingerprint density at radius 2 is 1.24 bits per heavy atom. The molecule has 0 aliphatic heterocycles. The fraction of sp³-hybridized carbons (Fsp3) is 0.471. The van der Waals surface area contributed by atoms with Crippen LogP contribution in [-0.2, 0) is 10.8 Å². The number of benzene rings is 1. The molecule has 0 aliphatic rings. The van der Waals surface area contributed by atoms with Gasteiger partial charge in [-0.05, 0) is 23.0 Å². The molecule has 0 bridgehead atoms. The fourth-order valence-electron chi connectivity index (χ4n) is 2.30. The maximum atomic E-state index is 10.7. The number of nitrogens with zero attached hydrogens (tertiary/aromatic N) is 3. The van der Waals surface area contributed by atoms with Crippen LogP contribution in [0.15, 0.2) is 24.8 Å².